The van der Waals surface area contributed by atoms with E-state index in [9.17, 15) is 23.3 Å². The third-order valence-corrected chi connectivity index (χ3v) is 14.5. The second-order valence-corrected chi connectivity index (χ2v) is 18.7. The Morgan fingerprint density at radius 3 is 2.61 bits per heavy atom. The summed E-state index contributed by atoms with van der Waals surface area (Å²) in [6.45, 7) is 7.71. The smallest absolute Gasteiger partial charge is 0.293 e. The molecule has 1 atom stereocenters. The Morgan fingerprint density at radius 1 is 1.02 bits per heavy atom. The van der Waals surface area contributed by atoms with Gasteiger partial charge < -0.3 is 29.6 Å². The summed E-state index contributed by atoms with van der Waals surface area (Å²) in [6, 6.07) is 18.8. The van der Waals surface area contributed by atoms with Crippen molar-refractivity contribution in [2.24, 2.45) is 5.41 Å². The lowest BCUT2D eigenvalue weighted by Crippen LogP contribution is -2.51. The number of halogens is 1. The van der Waals surface area contributed by atoms with E-state index in [1.165, 1.54) is 29.5 Å². The molecule has 3 N–H and O–H groups in total. The van der Waals surface area contributed by atoms with Crippen LogP contribution in [0.4, 0.5) is 17.1 Å². The van der Waals surface area contributed by atoms with Gasteiger partial charge in [0.15, 0.2) is 0 Å². The van der Waals surface area contributed by atoms with Crippen LogP contribution in [-0.2, 0) is 21.2 Å². The van der Waals surface area contributed by atoms with E-state index in [1.807, 2.05) is 18.2 Å². The molecule has 0 bridgehead atoms. The number of nitro benzene ring substituents is 1. The number of anilines is 2. The predicted molar refractivity (Wildman–Crippen MR) is 233 cm³/mol. The first-order valence-corrected chi connectivity index (χ1v) is 22.8. The van der Waals surface area contributed by atoms with E-state index in [0.29, 0.717) is 29.9 Å². The highest BCUT2D eigenvalue weighted by Gasteiger charge is 2.41. The van der Waals surface area contributed by atoms with Gasteiger partial charge in [0.1, 0.15) is 22.8 Å². The fourth-order valence-corrected chi connectivity index (χ4v) is 10.5. The number of fused-ring (bicyclic) bond motifs is 2. The third-order valence-electron chi connectivity index (χ3n) is 12.8. The number of nitrogens with zero attached hydrogens (tertiary/aromatic N) is 5. The summed E-state index contributed by atoms with van der Waals surface area (Å²) in [5.41, 5.74) is 4.10. The maximum atomic E-state index is 13.9. The molecule has 3 saturated heterocycles. The minimum absolute atomic E-state index is 0.0340. The van der Waals surface area contributed by atoms with Crippen molar-refractivity contribution in [3.05, 3.63) is 111 Å². The normalized spacial score (nSPS) is 19.5. The number of hydrogen-bond donors (Lipinski definition) is 3. The average Bonchev–Trinajstić information content (AvgIpc) is 3.61. The predicted octanol–water partition coefficient (Wildman–Crippen LogP) is 7.15. The number of piperidine rings is 1. The molecule has 0 saturated carbocycles. The van der Waals surface area contributed by atoms with E-state index in [-0.39, 0.29) is 23.0 Å². The number of nitrogens with one attached hydrogen (secondary N) is 3. The van der Waals surface area contributed by atoms with Crippen LogP contribution in [0.5, 0.6) is 11.5 Å². The van der Waals surface area contributed by atoms with Gasteiger partial charge in [-0.15, -0.1) is 0 Å². The van der Waals surface area contributed by atoms with Crippen molar-refractivity contribution in [2.75, 3.05) is 75.8 Å². The van der Waals surface area contributed by atoms with Crippen LogP contribution in [0.2, 0.25) is 5.02 Å². The molecule has 9 rings (SSSR count). The lowest BCUT2D eigenvalue weighted by atomic mass is 9.77. The molecule has 5 heterocycles. The number of aromatic amines is 1. The number of aromatic nitrogens is 2. The highest BCUT2D eigenvalue weighted by Crippen LogP contribution is 2.40. The van der Waals surface area contributed by atoms with E-state index in [1.54, 1.807) is 30.5 Å². The number of H-pyrrole nitrogens is 1. The fraction of sp³-hybridized carbons (Fsp3) is 0.409. The van der Waals surface area contributed by atoms with E-state index in [4.69, 9.17) is 21.1 Å². The Hall–Kier alpha value is -5.26. The van der Waals surface area contributed by atoms with Gasteiger partial charge in [-0.25, -0.2) is 18.1 Å². The topological polar surface area (TPSA) is 175 Å². The number of hydrogen-bond acceptors (Lipinski definition) is 12. The molecule has 3 aromatic carbocycles. The fourth-order valence-electron chi connectivity index (χ4n) is 9.19. The summed E-state index contributed by atoms with van der Waals surface area (Å²) in [7, 11) is -4.56. The zero-order valence-electron chi connectivity index (χ0n) is 33.8. The molecule has 0 radical (unpaired) electrons. The first kappa shape index (κ1) is 41.1. The SMILES string of the molecule is O=C(NS(=O)(=O)c1ccc(NCCN2CCC3(CC2)COC3)c([N+](=O)[O-])c1)c1ccc(N2CCN(C3CCCCc4c(Cl)cccc43)CC2)cc1Oc1cnc2[nH]ccc2c1. The van der Waals surface area contributed by atoms with Gasteiger partial charge in [-0.05, 0) is 98.8 Å². The summed E-state index contributed by atoms with van der Waals surface area (Å²) in [4.78, 5) is 39.6. The number of carbonyl (C=O) groups excluding carboxylic acids is 1. The number of amides is 1. The highest BCUT2D eigenvalue weighted by atomic mass is 35.5. The van der Waals surface area contributed by atoms with Crippen molar-refractivity contribution in [3.63, 3.8) is 0 Å². The minimum Gasteiger partial charge on any atom is -0.455 e. The summed E-state index contributed by atoms with van der Waals surface area (Å²) in [6.07, 6.45) is 9.73. The molecular formula is C44H49ClN8O7S. The van der Waals surface area contributed by atoms with Gasteiger partial charge >= 0.3 is 0 Å². The second-order valence-electron chi connectivity index (χ2n) is 16.6. The Morgan fingerprint density at radius 2 is 1.84 bits per heavy atom. The monoisotopic (exact) mass is 868 g/mol. The maximum absolute atomic E-state index is 13.9. The van der Waals surface area contributed by atoms with Gasteiger partial charge in [0.2, 0.25) is 0 Å². The van der Waals surface area contributed by atoms with E-state index in [0.717, 1.165) is 113 Å². The Balaban J connectivity index is 0.909. The largest absolute Gasteiger partial charge is 0.455 e. The standard InChI is InChI=1S/C44H49ClN8O7S/c45-37-6-3-5-35-34(37)4-1-2-7-39(35)52-22-20-51(21-23-52)31-8-10-36(41(25-31)60-32-24-30-12-15-47-42(30)48-27-32)43(54)49-61(57,58)33-9-11-38(40(26-33)53(55)56)46-16-19-50-17-13-44(14-18-50)28-59-29-44/h3,5-6,8-12,15,24-27,39,46H,1-2,4,7,13-14,16-23,28-29H2,(H,47,48)(H,49,54). The first-order valence-electron chi connectivity index (χ1n) is 21.0. The first-order chi connectivity index (χ1) is 29.5. The molecule has 3 fully saturated rings. The molecule has 61 heavy (non-hydrogen) atoms. The molecule has 17 heteroatoms. The molecule has 3 aliphatic heterocycles. The summed E-state index contributed by atoms with van der Waals surface area (Å²) >= 11 is 6.65. The molecule has 5 aromatic rings. The number of carbonyl (C=O) groups is 1. The van der Waals surface area contributed by atoms with Gasteiger partial charge in [-0.3, -0.25) is 19.8 Å². The van der Waals surface area contributed by atoms with Gasteiger partial charge in [0, 0.05) is 85.2 Å². The zero-order valence-corrected chi connectivity index (χ0v) is 35.3. The van der Waals surface area contributed by atoms with Crippen LogP contribution in [0.25, 0.3) is 11.0 Å². The number of rotatable bonds is 12. The Bertz CT molecular complexity index is 2550. The van der Waals surface area contributed by atoms with Crippen LogP contribution in [0.1, 0.15) is 59.6 Å². The summed E-state index contributed by atoms with van der Waals surface area (Å²) < 4.78 is 41.3. The van der Waals surface area contributed by atoms with Crippen LogP contribution in [0, 0.1) is 15.5 Å². The van der Waals surface area contributed by atoms with Crippen LogP contribution in [0.3, 0.4) is 0 Å². The molecule has 1 amide bonds. The van der Waals surface area contributed by atoms with Crippen LogP contribution >= 0.6 is 11.6 Å². The van der Waals surface area contributed by atoms with Crippen molar-refractivity contribution in [1.29, 1.82) is 0 Å². The highest BCUT2D eigenvalue weighted by molar-refractivity contribution is 7.90. The van der Waals surface area contributed by atoms with Crippen molar-refractivity contribution in [1.82, 2.24) is 24.5 Å². The molecule has 1 unspecified atom stereocenters. The lowest BCUT2D eigenvalue weighted by Gasteiger charge is -2.47. The maximum Gasteiger partial charge on any atom is 0.293 e. The molecule has 1 aliphatic carbocycles. The van der Waals surface area contributed by atoms with E-state index < -0.39 is 31.4 Å². The molecular weight excluding hydrogens is 820 g/mol. The Labute approximate surface area is 359 Å². The molecule has 320 valence electrons. The lowest BCUT2D eigenvalue weighted by molar-refractivity contribution is -0.384. The quantitative estimate of drug-likeness (QED) is 0.0657. The molecule has 4 aliphatic rings. The number of benzene rings is 3. The van der Waals surface area contributed by atoms with Gasteiger partial charge in [-0.1, -0.05) is 30.2 Å². The minimum atomic E-state index is -4.56. The number of piperazine rings is 1. The number of sulfonamides is 1. The van der Waals surface area contributed by atoms with E-state index in [2.05, 4.69) is 40.8 Å². The van der Waals surface area contributed by atoms with Crippen LogP contribution in [-0.4, -0.2) is 105 Å². The van der Waals surface area contributed by atoms with Crippen LogP contribution < -0.4 is 19.7 Å². The molecule has 15 nitrogen and oxygen atoms in total. The zero-order chi connectivity index (χ0) is 42.1. The number of likely N-dealkylation sites (tertiary alicyclic amines) is 1. The van der Waals surface area contributed by atoms with Crippen LogP contribution in [0.15, 0.2) is 84.0 Å². The summed E-state index contributed by atoms with van der Waals surface area (Å²) in [5, 5.41) is 16.9. The van der Waals surface area contributed by atoms with Gasteiger partial charge in [0.05, 0.1) is 34.8 Å². The van der Waals surface area contributed by atoms with Crippen molar-refractivity contribution in [3.8, 4) is 11.5 Å². The van der Waals surface area contributed by atoms with E-state index >= 15 is 0 Å². The average molecular weight is 869 g/mol. The Kier molecular flexibility index (Phi) is 11.6. The van der Waals surface area contributed by atoms with Crippen molar-refractivity contribution >= 4 is 55.6 Å². The summed E-state index contributed by atoms with van der Waals surface area (Å²) in [5.74, 6) is -0.464. The van der Waals surface area contributed by atoms with Gasteiger partial charge in [0.25, 0.3) is 21.6 Å². The van der Waals surface area contributed by atoms with Crippen molar-refractivity contribution < 1.29 is 27.6 Å². The molecule has 1 spiro atoms. The molecule has 2 aromatic heterocycles. The van der Waals surface area contributed by atoms with Gasteiger partial charge in [-0.2, -0.15) is 0 Å². The number of pyridine rings is 1. The number of nitro groups is 1. The number of ether oxygens (including phenoxy) is 2. The second kappa shape index (κ2) is 17.2. The van der Waals surface area contributed by atoms with Crippen molar-refractivity contribution in [2.45, 2.75) is 49.5 Å². The third kappa shape index (κ3) is 8.77.